The van der Waals surface area contributed by atoms with E-state index in [1.165, 1.54) is 64.2 Å². The second kappa shape index (κ2) is 19.8. The van der Waals surface area contributed by atoms with Gasteiger partial charge in [0.05, 0.1) is 27.7 Å². The molecular formula is C24H50NO7P. The molecule has 2 atom stereocenters. The van der Waals surface area contributed by atoms with E-state index in [2.05, 4.69) is 11.4 Å². The van der Waals surface area contributed by atoms with Crippen LogP contribution in [0.3, 0.4) is 0 Å². The van der Waals surface area contributed by atoms with E-state index in [0.717, 1.165) is 19.3 Å². The van der Waals surface area contributed by atoms with Crippen LogP contribution < -0.4 is 4.89 Å². The van der Waals surface area contributed by atoms with Gasteiger partial charge in [-0.3, -0.25) is 9.36 Å². The molecule has 0 fully saturated rings. The van der Waals surface area contributed by atoms with Crippen molar-refractivity contribution in [3.8, 4) is 0 Å². The molecule has 0 bridgehead atoms. The number of unbranched alkanes of at least 4 members (excludes halogenated alkanes) is 12. The Morgan fingerprint density at radius 1 is 0.848 bits per heavy atom. The molecule has 9 heteroatoms. The van der Waals surface area contributed by atoms with Crippen LogP contribution in [0.2, 0.25) is 0 Å². The van der Waals surface area contributed by atoms with Gasteiger partial charge < -0.3 is 28.3 Å². The molecule has 33 heavy (non-hydrogen) atoms. The number of hydrogen-bond donors (Lipinski definition) is 1. The Labute approximate surface area is 202 Å². The number of phosphoric acid groups is 1. The normalized spacial score (nSPS) is 14.7. The Morgan fingerprint density at radius 3 is 1.82 bits per heavy atom. The van der Waals surface area contributed by atoms with E-state index in [1.54, 1.807) is 0 Å². The van der Waals surface area contributed by atoms with Crippen LogP contribution in [0.1, 0.15) is 96.8 Å². The van der Waals surface area contributed by atoms with Crippen LogP contribution in [0.25, 0.3) is 0 Å². The van der Waals surface area contributed by atoms with Gasteiger partial charge in [-0.1, -0.05) is 84.0 Å². The largest absolute Gasteiger partial charge is 0.756 e. The Balaban J connectivity index is 3.57. The number of nitrogens with zero attached hydrogens (tertiary/aromatic N) is 1. The van der Waals surface area contributed by atoms with E-state index >= 15 is 0 Å². The lowest BCUT2D eigenvalue weighted by atomic mass is 10.0. The lowest BCUT2D eigenvalue weighted by Gasteiger charge is -2.27. The predicted octanol–water partition coefficient (Wildman–Crippen LogP) is 4.58. The van der Waals surface area contributed by atoms with Gasteiger partial charge in [0.1, 0.15) is 25.9 Å². The molecule has 198 valence electrons. The minimum absolute atomic E-state index is 0.00547. The Bertz CT molecular complexity index is 525. The Hall–Kier alpha value is -0.500. The fraction of sp³-hybridized carbons (Fsp3) is 0.958. The Morgan fingerprint density at radius 2 is 1.33 bits per heavy atom. The minimum atomic E-state index is -4.48. The SMILES string of the molecule is CCCCCCCCCCCCCCCC(=O)OC[C@@H](O)COP(=O)([O-])OCC[N+](C)(C)C. The summed E-state index contributed by atoms with van der Waals surface area (Å²) in [5, 5.41) is 9.78. The van der Waals surface area contributed by atoms with Crippen molar-refractivity contribution in [3.05, 3.63) is 0 Å². The third-order valence-electron chi connectivity index (χ3n) is 5.36. The zero-order valence-corrected chi connectivity index (χ0v) is 22.5. The summed E-state index contributed by atoms with van der Waals surface area (Å²) in [7, 11) is 1.25. The summed E-state index contributed by atoms with van der Waals surface area (Å²) in [4.78, 5) is 23.4. The summed E-state index contributed by atoms with van der Waals surface area (Å²) < 4.78 is 26.6. The van der Waals surface area contributed by atoms with Crippen molar-refractivity contribution in [1.82, 2.24) is 0 Å². The summed E-state index contributed by atoms with van der Waals surface area (Å²) in [5.41, 5.74) is 0. The lowest BCUT2D eigenvalue weighted by molar-refractivity contribution is -0.870. The van der Waals surface area contributed by atoms with E-state index < -0.39 is 20.5 Å². The second-order valence-corrected chi connectivity index (χ2v) is 11.3. The molecular weight excluding hydrogens is 445 g/mol. The van der Waals surface area contributed by atoms with Gasteiger partial charge in [0, 0.05) is 6.42 Å². The maximum absolute atomic E-state index is 11.8. The van der Waals surface area contributed by atoms with Gasteiger partial charge in [0.15, 0.2) is 0 Å². The van der Waals surface area contributed by atoms with Crippen LogP contribution in [0.4, 0.5) is 0 Å². The highest BCUT2D eigenvalue weighted by Crippen LogP contribution is 2.38. The number of carbonyl (C=O) groups is 1. The molecule has 1 unspecified atom stereocenters. The smallest absolute Gasteiger partial charge is 0.305 e. The number of carbonyl (C=O) groups excluding carboxylic acids is 1. The summed E-state index contributed by atoms with van der Waals surface area (Å²) >= 11 is 0. The fourth-order valence-electron chi connectivity index (χ4n) is 3.24. The number of rotatable bonds is 23. The van der Waals surface area contributed by atoms with Crippen LogP contribution in [-0.2, 0) is 23.1 Å². The molecule has 0 aliphatic carbocycles. The van der Waals surface area contributed by atoms with Gasteiger partial charge in [-0.15, -0.1) is 0 Å². The molecule has 1 N–H and O–H groups in total. The van der Waals surface area contributed by atoms with Gasteiger partial charge in [0.25, 0.3) is 7.82 Å². The van der Waals surface area contributed by atoms with E-state index in [4.69, 9.17) is 9.26 Å². The first-order chi connectivity index (χ1) is 15.6. The van der Waals surface area contributed by atoms with Gasteiger partial charge in [-0.05, 0) is 6.42 Å². The number of aliphatic hydroxyl groups is 1. The van der Waals surface area contributed by atoms with E-state index in [9.17, 15) is 19.4 Å². The molecule has 0 spiro atoms. The van der Waals surface area contributed by atoms with Crippen molar-refractivity contribution in [2.45, 2.75) is 103 Å². The Kier molecular flexibility index (Phi) is 19.5. The maximum Gasteiger partial charge on any atom is 0.305 e. The number of quaternary nitrogens is 1. The third-order valence-corrected chi connectivity index (χ3v) is 6.32. The first kappa shape index (κ1) is 32.5. The van der Waals surface area contributed by atoms with Gasteiger partial charge >= 0.3 is 5.97 Å². The number of likely N-dealkylation sites (N-methyl/N-ethyl adjacent to an activating group) is 1. The van der Waals surface area contributed by atoms with Crippen LogP contribution in [-0.4, -0.2) is 69.2 Å². The van der Waals surface area contributed by atoms with Crippen molar-refractivity contribution in [3.63, 3.8) is 0 Å². The predicted molar refractivity (Wildman–Crippen MR) is 130 cm³/mol. The first-order valence-electron chi connectivity index (χ1n) is 12.8. The van der Waals surface area contributed by atoms with Crippen LogP contribution in [0, 0.1) is 0 Å². The molecule has 0 heterocycles. The van der Waals surface area contributed by atoms with Crippen LogP contribution >= 0.6 is 7.82 Å². The fourth-order valence-corrected chi connectivity index (χ4v) is 3.97. The molecule has 0 rings (SSSR count). The summed E-state index contributed by atoms with van der Waals surface area (Å²) in [6.45, 7) is 1.93. The average Bonchev–Trinajstić information content (AvgIpc) is 2.73. The topological polar surface area (TPSA) is 105 Å². The molecule has 0 aliphatic rings. The maximum atomic E-state index is 11.8. The number of phosphoric ester groups is 1. The van der Waals surface area contributed by atoms with Crippen LogP contribution in [0.5, 0.6) is 0 Å². The number of hydrogen-bond acceptors (Lipinski definition) is 7. The second-order valence-electron chi connectivity index (χ2n) is 9.92. The van der Waals surface area contributed by atoms with E-state index in [-0.39, 0.29) is 19.2 Å². The van der Waals surface area contributed by atoms with Crippen molar-refractivity contribution < 1.29 is 37.6 Å². The van der Waals surface area contributed by atoms with Gasteiger partial charge in [-0.2, -0.15) is 0 Å². The lowest BCUT2D eigenvalue weighted by Crippen LogP contribution is -2.37. The highest BCUT2D eigenvalue weighted by atomic mass is 31.2. The van der Waals surface area contributed by atoms with Gasteiger partial charge in [0.2, 0.25) is 0 Å². The molecule has 0 saturated carbocycles. The van der Waals surface area contributed by atoms with Crippen LogP contribution in [0.15, 0.2) is 0 Å². The van der Waals surface area contributed by atoms with E-state index in [1.807, 2.05) is 21.1 Å². The summed E-state index contributed by atoms with van der Waals surface area (Å²) in [5.74, 6) is -0.387. The highest BCUT2D eigenvalue weighted by Gasteiger charge is 2.16. The van der Waals surface area contributed by atoms with Gasteiger partial charge in [-0.25, -0.2) is 0 Å². The van der Waals surface area contributed by atoms with E-state index in [0.29, 0.717) is 17.4 Å². The highest BCUT2D eigenvalue weighted by molar-refractivity contribution is 7.45. The first-order valence-corrected chi connectivity index (χ1v) is 14.3. The van der Waals surface area contributed by atoms with Crippen molar-refractivity contribution >= 4 is 13.8 Å². The molecule has 0 aromatic heterocycles. The van der Waals surface area contributed by atoms with Crippen molar-refractivity contribution in [2.24, 2.45) is 0 Å². The molecule has 0 aliphatic heterocycles. The summed E-state index contributed by atoms with van der Waals surface area (Å²) in [6.07, 6.45) is 15.2. The quantitative estimate of drug-likeness (QED) is 0.0957. The third kappa shape index (κ3) is 24.4. The number of esters is 1. The molecule has 8 nitrogen and oxygen atoms in total. The standard InChI is InChI=1S/C24H50NO7P/c1-5-6-7-8-9-10-11-12-13-14-15-16-17-18-24(27)30-21-23(26)22-32-33(28,29)31-20-19-25(2,3)4/h23,26H,5-22H2,1-4H3/t23-/m1/s1. The molecule has 0 aromatic rings. The van der Waals surface area contributed by atoms with Crippen molar-refractivity contribution in [2.75, 3.05) is 47.5 Å². The number of aliphatic hydroxyl groups excluding tert-OH is 1. The minimum Gasteiger partial charge on any atom is -0.756 e. The molecule has 0 radical (unpaired) electrons. The zero-order valence-electron chi connectivity index (χ0n) is 21.6. The molecule has 0 amide bonds. The monoisotopic (exact) mass is 495 g/mol. The van der Waals surface area contributed by atoms with Crippen molar-refractivity contribution in [1.29, 1.82) is 0 Å². The summed E-state index contributed by atoms with van der Waals surface area (Å²) in [6, 6.07) is 0. The number of ether oxygens (including phenoxy) is 1. The average molecular weight is 496 g/mol. The molecule has 0 aromatic carbocycles. The zero-order chi connectivity index (χ0) is 25.0. The molecule has 0 saturated heterocycles.